The van der Waals surface area contributed by atoms with Crippen molar-refractivity contribution in [1.82, 2.24) is 10.4 Å². The number of amides is 3. The van der Waals surface area contributed by atoms with Crippen molar-refractivity contribution in [1.29, 1.82) is 0 Å². The highest BCUT2D eigenvalue weighted by Crippen LogP contribution is 2.21. The molecule has 2 aromatic rings. The van der Waals surface area contributed by atoms with Crippen LogP contribution < -0.4 is 10.2 Å². The zero-order valence-electron chi connectivity index (χ0n) is 11.7. The number of nitrogens with zero attached hydrogens (tertiary/aromatic N) is 1. The van der Waals surface area contributed by atoms with Crippen molar-refractivity contribution in [3.05, 3.63) is 65.2 Å². The maximum Gasteiger partial charge on any atom is 0.280 e. The molecule has 0 atom stereocenters. The Morgan fingerprint density at radius 2 is 1.50 bits per heavy atom. The van der Waals surface area contributed by atoms with E-state index in [1.807, 2.05) is 0 Å². The SMILES string of the molecule is COc1ccc(C(=O)NN2C(=O)c3ccccc3C2=O)cc1. The fourth-order valence-corrected chi connectivity index (χ4v) is 2.20. The van der Waals surface area contributed by atoms with Gasteiger partial charge in [-0.2, -0.15) is 5.01 Å². The van der Waals surface area contributed by atoms with Crippen LogP contribution in [0, 0.1) is 0 Å². The molecule has 1 heterocycles. The lowest BCUT2D eigenvalue weighted by Crippen LogP contribution is -2.45. The van der Waals surface area contributed by atoms with Gasteiger partial charge in [-0.1, -0.05) is 12.1 Å². The quantitative estimate of drug-likeness (QED) is 0.874. The van der Waals surface area contributed by atoms with Gasteiger partial charge in [0.25, 0.3) is 17.7 Å². The van der Waals surface area contributed by atoms with E-state index >= 15 is 0 Å². The van der Waals surface area contributed by atoms with Crippen LogP contribution in [0.5, 0.6) is 5.75 Å². The molecule has 3 rings (SSSR count). The van der Waals surface area contributed by atoms with E-state index in [9.17, 15) is 14.4 Å². The molecule has 0 radical (unpaired) electrons. The molecule has 6 heteroatoms. The Morgan fingerprint density at radius 1 is 0.955 bits per heavy atom. The number of rotatable bonds is 3. The molecule has 0 bridgehead atoms. The van der Waals surface area contributed by atoms with Crippen molar-refractivity contribution < 1.29 is 19.1 Å². The minimum absolute atomic E-state index is 0.280. The van der Waals surface area contributed by atoms with Crippen molar-refractivity contribution >= 4 is 17.7 Å². The molecule has 1 N–H and O–H groups in total. The second kappa shape index (κ2) is 5.33. The fourth-order valence-electron chi connectivity index (χ4n) is 2.20. The third kappa shape index (κ3) is 2.20. The van der Waals surface area contributed by atoms with E-state index in [0.717, 1.165) is 5.01 Å². The predicted molar refractivity (Wildman–Crippen MR) is 77.4 cm³/mol. The van der Waals surface area contributed by atoms with E-state index in [2.05, 4.69) is 5.43 Å². The summed E-state index contributed by atoms with van der Waals surface area (Å²) in [6.07, 6.45) is 0. The fraction of sp³-hybridized carbons (Fsp3) is 0.0625. The highest BCUT2D eigenvalue weighted by molar-refractivity contribution is 6.22. The lowest BCUT2D eigenvalue weighted by atomic mass is 10.1. The average Bonchev–Trinajstić information content (AvgIpc) is 2.80. The van der Waals surface area contributed by atoms with Gasteiger partial charge in [-0.05, 0) is 36.4 Å². The Hall–Kier alpha value is -3.15. The van der Waals surface area contributed by atoms with Crippen molar-refractivity contribution in [2.75, 3.05) is 7.11 Å². The number of imide groups is 1. The summed E-state index contributed by atoms with van der Waals surface area (Å²) >= 11 is 0. The molecule has 0 fully saturated rings. The molecule has 3 amide bonds. The van der Waals surface area contributed by atoms with Gasteiger partial charge >= 0.3 is 0 Å². The first kappa shape index (κ1) is 13.8. The van der Waals surface area contributed by atoms with Crippen molar-refractivity contribution in [2.45, 2.75) is 0 Å². The first-order valence-corrected chi connectivity index (χ1v) is 6.54. The van der Waals surface area contributed by atoms with E-state index < -0.39 is 17.7 Å². The molecule has 0 saturated heterocycles. The third-order valence-corrected chi connectivity index (χ3v) is 3.36. The van der Waals surface area contributed by atoms with Crippen LogP contribution in [0.4, 0.5) is 0 Å². The molecular weight excluding hydrogens is 284 g/mol. The van der Waals surface area contributed by atoms with E-state index in [0.29, 0.717) is 11.3 Å². The summed E-state index contributed by atoms with van der Waals surface area (Å²) in [7, 11) is 1.52. The lowest BCUT2D eigenvalue weighted by molar-refractivity contribution is 0.0518. The molecule has 0 aromatic heterocycles. The number of fused-ring (bicyclic) bond motifs is 1. The van der Waals surface area contributed by atoms with Crippen LogP contribution in [0.1, 0.15) is 31.1 Å². The Balaban J connectivity index is 1.80. The highest BCUT2D eigenvalue weighted by atomic mass is 16.5. The van der Waals surface area contributed by atoms with Crippen LogP contribution in [0.2, 0.25) is 0 Å². The molecule has 22 heavy (non-hydrogen) atoms. The number of methoxy groups -OCH3 is 1. The molecule has 0 spiro atoms. The maximum atomic E-state index is 12.1. The van der Waals surface area contributed by atoms with Crippen LogP contribution in [0.15, 0.2) is 48.5 Å². The molecule has 1 aliphatic rings. The van der Waals surface area contributed by atoms with Gasteiger partial charge in [-0.3, -0.25) is 19.8 Å². The van der Waals surface area contributed by atoms with Gasteiger partial charge < -0.3 is 4.74 Å². The first-order valence-electron chi connectivity index (χ1n) is 6.54. The van der Waals surface area contributed by atoms with Crippen LogP contribution >= 0.6 is 0 Å². The van der Waals surface area contributed by atoms with Crippen molar-refractivity contribution in [2.24, 2.45) is 0 Å². The van der Waals surface area contributed by atoms with E-state index in [1.54, 1.807) is 48.5 Å². The van der Waals surface area contributed by atoms with Crippen LogP contribution in [-0.4, -0.2) is 29.8 Å². The van der Waals surface area contributed by atoms with Crippen LogP contribution in [-0.2, 0) is 0 Å². The summed E-state index contributed by atoms with van der Waals surface area (Å²) in [5.41, 5.74) is 3.21. The molecule has 0 unspecified atom stereocenters. The second-order valence-corrected chi connectivity index (χ2v) is 4.66. The maximum absolute atomic E-state index is 12.1. The van der Waals surface area contributed by atoms with Crippen molar-refractivity contribution in [3.63, 3.8) is 0 Å². The molecular formula is C16H12N2O4. The topological polar surface area (TPSA) is 75.7 Å². The van der Waals surface area contributed by atoms with Gasteiger partial charge in [-0.15, -0.1) is 0 Å². The average molecular weight is 296 g/mol. The first-order chi connectivity index (χ1) is 10.6. The minimum Gasteiger partial charge on any atom is -0.497 e. The molecule has 6 nitrogen and oxygen atoms in total. The number of nitrogens with one attached hydrogen (secondary N) is 1. The number of carbonyl (C=O) groups is 3. The van der Waals surface area contributed by atoms with E-state index in [4.69, 9.17) is 4.74 Å². The minimum atomic E-state index is -0.544. The Morgan fingerprint density at radius 3 is 2.00 bits per heavy atom. The number of hydrazine groups is 1. The normalized spacial score (nSPS) is 13.0. The zero-order chi connectivity index (χ0) is 15.7. The Labute approximate surface area is 126 Å². The molecule has 2 aromatic carbocycles. The summed E-state index contributed by atoms with van der Waals surface area (Å²) < 4.78 is 5.01. The monoisotopic (exact) mass is 296 g/mol. The molecule has 0 saturated carbocycles. The largest absolute Gasteiger partial charge is 0.497 e. The van der Waals surface area contributed by atoms with Gasteiger partial charge in [-0.25, -0.2) is 0 Å². The third-order valence-electron chi connectivity index (χ3n) is 3.36. The van der Waals surface area contributed by atoms with Gasteiger partial charge in [0.2, 0.25) is 0 Å². The van der Waals surface area contributed by atoms with Gasteiger partial charge in [0.15, 0.2) is 0 Å². The van der Waals surface area contributed by atoms with E-state index in [1.165, 1.54) is 7.11 Å². The second-order valence-electron chi connectivity index (χ2n) is 4.66. The number of ether oxygens (including phenoxy) is 1. The number of carbonyl (C=O) groups excluding carboxylic acids is 3. The summed E-state index contributed by atoms with van der Waals surface area (Å²) in [6, 6.07) is 12.8. The van der Waals surface area contributed by atoms with Gasteiger partial charge in [0.1, 0.15) is 5.75 Å². The molecule has 1 aliphatic heterocycles. The Kier molecular flexibility index (Phi) is 3.34. The standard InChI is InChI=1S/C16H12N2O4/c1-22-11-8-6-10(7-9-11)14(19)17-18-15(20)12-4-2-3-5-13(12)16(18)21/h2-9H,1H3,(H,17,19). The molecule has 110 valence electrons. The smallest absolute Gasteiger partial charge is 0.280 e. The van der Waals surface area contributed by atoms with E-state index in [-0.39, 0.29) is 11.1 Å². The highest BCUT2D eigenvalue weighted by Gasteiger charge is 2.36. The number of benzene rings is 2. The summed E-state index contributed by atoms with van der Waals surface area (Å²) in [4.78, 5) is 36.4. The molecule has 0 aliphatic carbocycles. The number of hydrogen-bond acceptors (Lipinski definition) is 4. The number of hydrogen-bond donors (Lipinski definition) is 1. The van der Waals surface area contributed by atoms with Crippen molar-refractivity contribution in [3.8, 4) is 5.75 Å². The lowest BCUT2D eigenvalue weighted by Gasteiger charge is -2.15. The Bertz CT molecular complexity index is 733. The van der Waals surface area contributed by atoms with Gasteiger partial charge in [0.05, 0.1) is 18.2 Å². The zero-order valence-corrected chi connectivity index (χ0v) is 11.7. The summed E-state index contributed by atoms with van der Waals surface area (Å²) in [6.45, 7) is 0. The summed E-state index contributed by atoms with van der Waals surface area (Å²) in [5, 5.41) is 0.733. The van der Waals surface area contributed by atoms with Gasteiger partial charge in [0, 0.05) is 5.56 Å². The summed E-state index contributed by atoms with van der Waals surface area (Å²) in [5.74, 6) is -1.01. The predicted octanol–water partition coefficient (Wildman–Crippen LogP) is 1.64. The van der Waals surface area contributed by atoms with Crippen LogP contribution in [0.25, 0.3) is 0 Å². The van der Waals surface area contributed by atoms with Crippen LogP contribution in [0.3, 0.4) is 0 Å².